The number of phenols is 1. The molecule has 2 heterocycles. The molecule has 0 aliphatic carbocycles. The number of fused-ring (bicyclic) bond motifs is 1. The van der Waals surface area contributed by atoms with Crippen LogP contribution in [0.2, 0.25) is 5.02 Å². The normalized spacial score (nSPS) is 14.6. The Bertz CT molecular complexity index is 1510. The van der Waals surface area contributed by atoms with Crippen LogP contribution in [0.15, 0.2) is 60.7 Å². The number of nitrogens with zero attached hydrogens (tertiary/aromatic N) is 2. The number of benzene rings is 3. The maximum absolute atomic E-state index is 13.8. The number of methoxy groups -OCH3 is 1. The van der Waals surface area contributed by atoms with E-state index >= 15 is 0 Å². The summed E-state index contributed by atoms with van der Waals surface area (Å²) in [7, 11) is 1.64. The molecule has 1 aliphatic heterocycles. The number of carbonyl (C=O) groups is 1. The van der Waals surface area contributed by atoms with E-state index in [9.17, 15) is 9.90 Å². The third kappa shape index (κ3) is 5.52. The molecule has 0 saturated heterocycles. The van der Waals surface area contributed by atoms with Crippen LogP contribution in [0, 0.1) is 12.8 Å². The number of H-pyrrole nitrogens is 1. The number of halogens is 1. The van der Waals surface area contributed by atoms with E-state index in [4.69, 9.17) is 21.1 Å². The van der Waals surface area contributed by atoms with Crippen molar-refractivity contribution in [3.63, 3.8) is 0 Å². The summed E-state index contributed by atoms with van der Waals surface area (Å²) in [6.07, 6.45) is 1.61. The van der Waals surface area contributed by atoms with Gasteiger partial charge in [0.2, 0.25) is 0 Å². The number of rotatable bonds is 10. The molecule has 1 amide bonds. The van der Waals surface area contributed by atoms with Crippen LogP contribution in [0.1, 0.15) is 59.1 Å². The molecule has 40 heavy (non-hydrogen) atoms. The van der Waals surface area contributed by atoms with Gasteiger partial charge in [-0.15, -0.1) is 0 Å². The maximum Gasteiger partial charge on any atom is 0.273 e. The first-order chi connectivity index (χ1) is 19.3. The zero-order chi connectivity index (χ0) is 28.4. The Morgan fingerprint density at radius 3 is 2.60 bits per heavy atom. The SMILES string of the molecule is COc1ccc(CCN2C(=O)c3[nH]nc(-c4cc(Cl)c(C)cc4O)c3C2c2cccc(OCCC(C)C)c2)cc1. The largest absolute Gasteiger partial charge is 0.507 e. The van der Waals surface area contributed by atoms with Gasteiger partial charge in [0.1, 0.15) is 28.6 Å². The Morgan fingerprint density at radius 2 is 1.88 bits per heavy atom. The predicted molar refractivity (Wildman–Crippen MR) is 156 cm³/mol. The van der Waals surface area contributed by atoms with Gasteiger partial charge in [-0.25, -0.2) is 0 Å². The second-order valence-electron chi connectivity index (χ2n) is 10.6. The fourth-order valence-corrected chi connectivity index (χ4v) is 5.23. The van der Waals surface area contributed by atoms with Crippen molar-refractivity contribution >= 4 is 17.5 Å². The number of phenolic OH excluding ortho intramolecular Hbond substituents is 1. The van der Waals surface area contributed by atoms with E-state index in [1.165, 1.54) is 0 Å². The van der Waals surface area contributed by atoms with Gasteiger partial charge in [0.05, 0.1) is 19.8 Å². The number of nitrogens with one attached hydrogen (secondary N) is 1. The fourth-order valence-electron chi connectivity index (χ4n) is 5.06. The molecule has 1 aliphatic rings. The summed E-state index contributed by atoms with van der Waals surface area (Å²) in [6, 6.07) is 18.6. The first-order valence-electron chi connectivity index (χ1n) is 13.5. The zero-order valence-electron chi connectivity index (χ0n) is 23.2. The molecule has 8 heteroatoms. The third-order valence-corrected chi connectivity index (χ3v) is 7.74. The Kier molecular flexibility index (Phi) is 8.03. The van der Waals surface area contributed by atoms with Crippen LogP contribution in [-0.4, -0.2) is 46.4 Å². The smallest absolute Gasteiger partial charge is 0.273 e. The van der Waals surface area contributed by atoms with E-state index in [0.717, 1.165) is 34.6 Å². The number of aromatic amines is 1. The minimum atomic E-state index is -0.428. The number of aromatic nitrogens is 2. The second kappa shape index (κ2) is 11.6. The van der Waals surface area contributed by atoms with Crippen molar-refractivity contribution < 1.29 is 19.4 Å². The molecule has 0 spiro atoms. The van der Waals surface area contributed by atoms with Crippen molar-refractivity contribution in [3.8, 4) is 28.5 Å². The Labute approximate surface area is 239 Å². The molecule has 1 atom stereocenters. The van der Waals surface area contributed by atoms with E-state index in [1.54, 1.807) is 19.2 Å². The summed E-state index contributed by atoms with van der Waals surface area (Å²) in [5.74, 6) is 1.99. The summed E-state index contributed by atoms with van der Waals surface area (Å²) >= 11 is 6.44. The van der Waals surface area contributed by atoms with Crippen LogP contribution in [0.4, 0.5) is 0 Å². The van der Waals surface area contributed by atoms with Crippen LogP contribution >= 0.6 is 11.6 Å². The molecule has 0 fully saturated rings. The molecule has 1 unspecified atom stereocenters. The number of aromatic hydroxyl groups is 1. The first-order valence-corrected chi connectivity index (χ1v) is 13.9. The van der Waals surface area contributed by atoms with Gasteiger partial charge in [-0.3, -0.25) is 9.89 Å². The number of hydrogen-bond acceptors (Lipinski definition) is 5. The van der Waals surface area contributed by atoms with Gasteiger partial charge in [0, 0.05) is 22.7 Å². The standard InChI is InChI=1S/C32H34ClN3O4/c1-19(2)13-15-40-24-7-5-6-22(17-24)31-28-29(25-18-26(33)20(3)16-27(25)37)34-35-30(28)32(38)36(31)14-12-21-8-10-23(39-4)11-9-21/h5-11,16-19,31,37H,12-15H2,1-4H3,(H,34,35). The quantitative estimate of drug-likeness (QED) is 0.219. The lowest BCUT2D eigenvalue weighted by Gasteiger charge is -2.27. The molecule has 208 valence electrons. The molecule has 7 nitrogen and oxygen atoms in total. The molecule has 0 saturated carbocycles. The molecule has 1 aromatic heterocycles. The van der Waals surface area contributed by atoms with Gasteiger partial charge in [0.25, 0.3) is 5.91 Å². The first kappa shape index (κ1) is 27.6. The average Bonchev–Trinajstić information content (AvgIpc) is 3.48. The lowest BCUT2D eigenvalue weighted by molar-refractivity contribution is 0.0745. The molecule has 2 N–H and O–H groups in total. The topological polar surface area (TPSA) is 87.7 Å². The summed E-state index contributed by atoms with van der Waals surface area (Å²) in [5.41, 5.74) is 4.87. The monoisotopic (exact) mass is 559 g/mol. The summed E-state index contributed by atoms with van der Waals surface area (Å²) in [6.45, 7) is 7.26. The number of ether oxygens (including phenoxy) is 2. The van der Waals surface area contributed by atoms with Crippen LogP contribution in [0.25, 0.3) is 11.3 Å². The molecular formula is C32H34ClN3O4. The van der Waals surface area contributed by atoms with E-state index in [0.29, 0.717) is 53.0 Å². The van der Waals surface area contributed by atoms with Crippen LogP contribution in [0.5, 0.6) is 17.2 Å². The van der Waals surface area contributed by atoms with Crippen molar-refractivity contribution in [2.24, 2.45) is 5.92 Å². The number of aryl methyl sites for hydroxylation is 1. The summed E-state index contributed by atoms with van der Waals surface area (Å²) in [5, 5.41) is 18.8. The molecule has 4 aromatic rings. The van der Waals surface area contributed by atoms with Gasteiger partial charge in [-0.1, -0.05) is 49.7 Å². The lowest BCUT2D eigenvalue weighted by atomic mass is 9.95. The van der Waals surface area contributed by atoms with E-state index in [-0.39, 0.29) is 11.7 Å². The zero-order valence-corrected chi connectivity index (χ0v) is 24.0. The Hall–Kier alpha value is -3.97. The molecular weight excluding hydrogens is 526 g/mol. The summed E-state index contributed by atoms with van der Waals surface area (Å²) in [4.78, 5) is 15.7. The number of hydrogen-bond donors (Lipinski definition) is 2. The summed E-state index contributed by atoms with van der Waals surface area (Å²) < 4.78 is 11.4. The highest BCUT2D eigenvalue weighted by atomic mass is 35.5. The van der Waals surface area contributed by atoms with Crippen molar-refractivity contribution in [2.45, 2.75) is 39.7 Å². The average molecular weight is 560 g/mol. The molecule has 3 aromatic carbocycles. The highest BCUT2D eigenvalue weighted by Crippen LogP contribution is 2.45. The Balaban J connectivity index is 1.54. The van der Waals surface area contributed by atoms with E-state index in [2.05, 4.69) is 24.0 Å². The van der Waals surface area contributed by atoms with Gasteiger partial charge < -0.3 is 19.5 Å². The second-order valence-corrected chi connectivity index (χ2v) is 11.0. The predicted octanol–water partition coefficient (Wildman–Crippen LogP) is 6.97. The number of carbonyl (C=O) groups excluding carboxylic acids is 1. The Morgan fingerprint density at radius 1 is 1.10 bits per heavy atom. The minimum Gasteiger partial charge on any atom is -0.507 e. The van der Waals surface area contributed by atoms with Gasteiger partial charge in [0.15, 0.2) is 0 Å². The highest BCUT2D eigenvalue weighted by Gasteiger charge is 2.42. The van der Waals surface area contributed by atoms with Crippen molar-refractivity contribution in [1.82, 2.24) is 15.1 Å². The van der Waals surface area contributed by atoms with Crippen molar-refractivity contribution in [2.75, 3.05) is 20.3 Å². The van der Waals surface area contributed by atoms with E-state index < -0.39 is 6.04 Å². The molecule has 0 bridgehead atoms. The maximum atomic E-state index is 13.8. The van der Waals surface area contributed by atoms with Crippen LogP contribution < -0.4 is 9.47 Å². The molecule has 0 radical (unpaired) electrons. The number of amides is 1. The third-order valence-electron chi connectivity index (χ3n) is 7.33. The van der Waals surface area contributed by atoms with Gasteiger partial charge >= 0.3 is 0 Å². The highest BCUT2D eigenvalue weighted by molar-refractivity contribution is 6.31. The molecule has 5 rings (SSSR count). The van der Waals surface area contributed by atoms with Gasteiger partial charge in [-0.05, 0) is 78.8 Å². The van der Waals surface area contributed by atoms with E-state index in [1.807, 2.05) is 60.4 Å². The van der Waals surface area contributed by atoms with Crippen molar-refractivity contribution in [1.29, 1.82) is 0 Å². The van der Waals surface area contributed by atoms with Crippen LogP contribution in [-0.2, 0) is 6.42 Å². The lowest BCUT2D eigenvalue weighted by Crippen LogP contribution is -2.31. The van der Waals surface area contributed by atoms with Crippen LogP contribution in [0.3, 0.4) is 0 Å². The minimum absolute atomic E-state index is 0.0600. The van der Waals surface area contributed by atoms with Crippen molar-refractivity contribution in [3.05, 3.63) is 93.6 Å². The van der Waals surface area contributed by atoms with Gasteiger partial charge in [-0.2, -0.15) is 5.10 Å². The fraction of sp³-hybridized carbons (Fsp3) is 0.312.